The summed E-state index contributed by atoms with van der Waals surface area (Å²) >= 11 is 0. The van der Waals surface area contributed by atoms with Crippen molar-refractivity contribution in [2.24, 2.45) is 0 Å². The van der Waals surface area contributed by atoms with Crippen LogP contribution in [0.25, 0.3) is 0 Å². The number of amides is 1. The van der Waals surface area contributed by atoms with Crippen LogP contribution < -0.4 is 9.64 Å². The van der Waals surface area contributed by atoms with E-state index >= 15 is 0 Å². The fraction of sp³-hybridized carbons (Fsp3) is 0.259. The molecule has 0 spiro atoms. The monoisotopic (exact) mass is 425 g/mol. The second kappa shape index (κ2) is 9.57. The van der Waals surface area contributed by atoms with Gasteiger partial charge in [0.15, 0.2) is 0 Å². The minimum Gasteiger partial charge on any atom is -0.495 e. The SMILES string of the molecule is COc1ccc(C(=O)N2CCN(c3cccc(C)c3C)CC2)cc1C#Cc1ccccn1. The van der Waals surface area contributed by atoms with Crippen LogP contribution >= 0.6 is 0 Å². The predicted molar refractivity (Wildman–Crippen MR) is 127 cm³/mol. The van der Waals surface area contributed by atoms with Crippen LogP contribution in [0.3, 0.4) is 0 Å². The lowest BCUT2D eigenvalue weighted by Gasteiger charge is -2.37. The first-order chi connectivity index (χ1) is 15.6. The molecular formula is C27H27N3O2. The molecule has 0 saturated carbocycles. The number of aryl methyl sites for hydroxylation is 1. The van der Waals surface area contributed by atoms with Gasteiger partial charge in [-0.25, -0.2) is 4.98 Å². The molecule has 0 radical (unpaired) electrons. The quantitative estimate of drug-likeness (QED) is 0.594. The summed E-state index contributed by atoms with van der Waals surface area (Å²) in [5, 5.41) is 0. The maximum absolute atomic E-state index is 13.2. The molecule has 32 heavy (non-hydrogen) atoms. The molecule has 0 N–H and O–H groups in total. The Morgan fingerprint density at radius 3 is 2.50 bits per heavy atom. The molecule has 1 fully saturated rings. The lowest BCUT2D eigenvalue weighted by Crippen LogP contribution is -2.49. The molecular weight excluding hydrogens is 398 g/mol. The van der Waals surface area contributed by atoms with E-state index in [1.165, 1.54) is 16.8 Å². The van der Waals surface area contributed by atoms with Crippen molar-refractivity contribution in [3.63, 3.8) is 0 Å². The number of methoxy groups -OCH3 is 1. The molecule has 0 unspecified atom stereocenters. The topological polar surface area (TPSA) is 45.7 Å². The summed E-state index contributed by atoms with van der Waals surface area (Å²) in [4.78, 5) is 21.7. The average molecular weight is 426 g/mol. The molecule has 2 heterocycles. The number of benzene rings is 2. The number of rotatable bonds is 3. The van der Waals surface area contributed by atoms with Crippen molar-refractivity contribution in [3.05, 3.63) is 88.7 Å². The lowest BCUT2D eigenvalue weighted by atomic mass is 10.1. The van der Waals surface area contributed by atoms with Gasteiger partial charge in [0.2, 0.25) is 0 Å². The van der Waals surface area contributed by atoms with Crippen molar-refractivity contribution < 1.29 is 9.53 Å². The summed E-state index contributed by atoms with van der Waals surface area (Å²) in [6.45, 7) is 7.31. The second-order valence-corrected chi connectivity index (χ2v) is 7.88. The largest absolute Gasteiger partial charge is 0.495 e. The van der Waals surface area contributed by atoms with E-state index in [1.807, 2.05) is 41.3 Å². The fourth-order valence-corrected chi connectivity index (χ4v) is 3.92. The van der Waals surface area contributed by atoms with E-state index in [-0.39, 0.29) is 5.91 Å². The lowest BCUT2D eigenvalue weighted by molar-refractivity contribution is 0.0746. The Kier molecular flexibility index (Phi) is 6.42. The molecule has 0 bridgehead atoms. The molecule has 2 aromatic carbocycles. The van der Waals surface area contributed by atoms with Crippen LogP contribution in [0, 0.1) is 25.7 Å². The molecule has 1 amide bonds. The first-order valence-corrected chi connectivity index (χ1v) is 10.8. The Hall–Kier alpha value is -3.78. The van der Waals surface area contributed by atoms with Gasteiger partial charge < -0.3 is 14.5 Å². The van der Waals surface area contributed by atoms with Crippen LogP contribution in [-0.4, -0.2) is 49.1 Å². The maximum atomic E-state index is 13.2. The number of carbonyl (C=O) groups excluding carboxylic acids is 1. The van der Waals surface area contributed by atoms with Crippen molar-refractivity contribution in [2.75, 3.05) is 38.2 Å². The number of carbonyl (C=O) groups is 1. The standard InChI is InChI=1S/C27H27N3O2/c1-20-7-6-9-25(21(20)2)29-15-17-30(18-16-29)27(31)23-11-13-26(32-3)22(19-23)10-12-24-8-4-5-14-28-24/h4-9,11,13-14,19H,15-18H2,1-3H3. The van der Waals surface area contributed by atoms with Gasteiger partial charge in [-0.2, -0.15) is 0 Å². The highest BCUT2D eigenvalue weighted by Crippen LogP contribution is 2.25. The molecule has 5 nitrogen and oxygen atoms in total. The fourth-order valence-electron chi connectivity index (χ4n) is 3.92. The molecule has 4 rings (SSSR count). The normalized spacial score (nSPS) is 13.3. The van der Waals surface area contributed by atoms with Gasteiger partial charge in [-0.15, -0.1) is 0 Å². The highest BCUT2D eigenvalue weighted by molar-refractivity contribution is 5.95. The summed E-state index contributed by atoms with van der Waals surface area (Å²) in [6, 6.07) is 17.4. The van der Waals surface area contributed by atoms with Crippen LogP contribution in [0.15, 0.2) is 60.8 Å². The molecule has 1 saturated heterocycles. The van der Waals surface area contributed by atoms with Crippen LogP contribution in [0.2, 0.25) is 0 Å². The van der Waals surface area contributed by atoms with E-state index in [1.54, 1.807) is 13.3 Å². The number of hydrogen-bond donors (Lipinski definition) is 0. The van der Waals surface area contributed by atoms with Crippen LogP contribution in [-0.2, 0) is 0 Å². The van der Waals surface area contributed by atoms with E-state index in [4.69, 9.17) is 4.74 Å². The number of aromatic nitrogens is 1. The zero-order chi connectivity index (χ0) is 22.5. The number of nitrogens with zero attached hydrogens (tertiary/aromatic N) is 3. The van der Waals surface area contributed by atoms with Gasteiger partial charge in [0.1, 0.15) is 11.4 Å². The molecule has 1 aliphatic heterocycles. The summed E-state index contributed by atoms with van der Waals surface area (Å²) in [5.74, 6) is 6.81. The van der Waals surface area contributed by atoms with Crippen molar-refractivity contribution in [3.8, 4) is 17.6 Å². The average Bonchev–Trinajstić information content (AvgIpc) is 2.84. The third-order valence-corrected chi connectivity index (χ3v) is 5.92. The van der Waals surface area contributed by atoms with Crippen molar-refractivity contribution in [1.29, 1.82) is 0 Å². The Morgan fingerprint density at radius 1 is 0.969 bits per heavy atom. The van der Waals surface area contributed by atoms with E-state index in [0.29, 0.717) is 35.7 Å². The summed E-state index contributed by atoms with van der Waals surface area (Å²) in [7, 11) is 1.61. The minimum absolute atomic E-state index is 0.0224. The number of pyridine rings is 1. The van der Waals surface area contributed by atoms with Crippen LogP contribution in [0.5, 0.6) is 5.75 Å². The second-order valence-electron chi connectivity index (χ2n) is 7.88. The van der Waals surface area contributed by atoms with E-state index < -0.39 is 0 Å². The molecule has 0 atom stereocenters. The summed E-state index contributed by atoms with van der Waals surface area (Å²) in [5.41, 5.74) is 5.83. The van der Waals surface area contributed by atoms with Crippen molar-refractivity contribution in [1.82, 2.24) is 9.88 Å². The van der Waals surface area contributed by atoms with Crippen molar-refractivity contribution >= 4 is 11.6 Å². The van der Waals surface area contributed by atoms with Gasteiger partial charge >= 0.3 is 0 Å². The molecule has 0 aliphatic carbocycles. The van der Waals surface area contributed by atoms with Gasteiger partial charge in [0, 0.05) is 43.6 Å². The Bertz CT molecular complexity index is 1170. The number of piperazine rings is 1. The minimum atomic E-state index is 0.0224. The highest BCUT2D eigenvalue weighted by atomic mass is 16.5. The summed E-state index contributed by atoms with van der Waals surface area (Å²) < 4.78 is 5.44. The first kappa shape index (κ1) is 21.5. The van der Waals surface area contributed by atoms with Crippen molar-refractivity contribution in [2.45, 2.75) is 13.8 Å². The molecule has 3 aromatic rings. The van der Waals surface area contributed by atoms with Gasteiger partial charge in [0.25, 0.3) is 5.91 Å². The van der Waals surface area contributed by atoms with Gasteiger partial charge in [-0.05, 0) is 67.3 Å². The molecule has 162 valence electrons. The van der Waals surface area contributed by atoms with Crippen LogP contribution in [0.1, 0.15) is 32.7 Å². The third-order valence-electron chi connectivity index (χ3n) is 5.92. The predicted octanol–water partition coefficient (Wildman–Crippen LogP) is 4.07. The van der Waals surface area contributed by atoms with Gasteiger partial charge in [0.05, 0.1) is 12.7 Å². The number of anilines is 1. The zero-order valence-corrected chi connectivity index (χ0v) is 18.8. The first-order valence-electron chi connectivity index (χ1n) is 10.8. The Labute approximate surface area is 189 Å². The maximum Gasteiger partial charge on any atom is 0.254 e. The van der Waals surface area contributed by atoms with E-state index in [2.05, 4.69) is 53.8 Å². The number of ether oxygens (including phenoxy) is 1. The molecule has 1 aromatic heterocycles. The van der Waals surface area contributed by atoms with Gasteiger partial charge in [-0.3, -0.25) is 4.79 Å². The smallest absolute Gasteiger partial charge is 0.254 e. The highest BCUT2D eigenvalue weighted by Gasteiger charge is 2.23. The zero-order valence-electron chi connectivity index (χ0n) is 18.8. The van der Waals surface area contributed by atoms with E-state index in [0.717, 1.165) is 13.1 Å². The molecule has 1 aliphatic rings. The third kappa shape index (κ3) is 4.60. The Morgan fingerprint density at radius 2 is 1.78 bits per heavy atom. The Balaban J connectivity index is 1.49. The van der Waals surface area contributed by atoms with Crippen LogP contribution in [0.4, 0.5) is 5.69 Å². The summed E-state index contributed by atoms with van der Waals surface area (Å²) in [6.07, 6.45) is 1.71. The number of hydrogen-bond acceptors (Lipinski definition) is 4. The van der Waals surface area contributed by atoms with E-state index in [9.17, 15) is 4.79 Å². The molecule has 5 heteroatoms. The van der Waals surface area contributed by atoms with Gasteiger partial charge in [-0.1, -0.05) is 24.1 Å².